The molecule has 2 aromatic rings. The lowest BCUT2D eigenvalue weighted by Crippen LogP contribution is -2.36. The molecule has 0 aliphatic carbocycles. The Labute approximate surface area is 147 Å². The quantitative estimate of drug-likeness (QED) is 0.821. The highest BCUT2D eigenvalue weighted by atomic mass is 35.5. The molecule has 1 heterocycles. The van der Waals surface area contributed by atoms with Gasteiger partial charge in [-0.25, -0.2) is 12.8 Å². The van der Waals surface area contributed by atoms with Gasteiger partial charge in [-0.3, -0.25) is 4.31 Å². The smallest absolute Gasteiger partial charge is 0.264 e. The van der Waals surface area contributed by atoms with Gasteiger partial charge in [0.1, 0.15) is 5.82 Å². The molecule has 130 valence electrons. The predicted molar refractivity (Wildman–Crippen MR) is 96.8 cm³/mol. The van der Waals surface area contributed by atoms with Crippen molar-refractivity contribution in [2.45, 2.75) is 31.6 Å². The van der Waals surface area contributed by atoms with Crippen LogP contribution in [0.25, 0.3) is 0 Å². The Kier molecular flexibility index (Phi) is 5.11. The van der Waals surface area contributed by atoms with E-state index in [0.29, 0.717) is 35.5 Å². The minimum atomic E-state index is -3.76. The average molecular weight is 371 g/mol. The van der Waals surface area contributed by atoms with Gasteiger partial charge in [-0.05, 0) is 67.6 Å². The first-order valence-electron chi connectivity index (χ1n) is 7.49. The molecule has 0 saturated heterocycles. The van der Waals surface area contributed by atoms with Gasteiger partial charge < -0.3 is 5.73 Å². The van der Waals surface area contributed by atoms with E-state index in [1.165, 1.54) is 16.4 Å². The van der Waals surface area contributed by atoms with Gasteiger partial charge in [0.05, 0.1) is 10.6 Å². The van der Waals surface area contributed by atoms with Gasteiger partial charge in [0, 0.05) is 12.2 Å². The Bertz CT molecular complexity index is 861. The number of nitrogens with zero attached hydrogens (tertiary/aromatic N) is 1. The summed E-state index contributed by atoms with van der Waals surface area (Å²) in [5, 5.41) is 0. The molecular weight excluding hydrogens is 351 g/mol. The van der Waals surface area contributed by atoms with Crippen LogP contribution < -0.4 is 10.0 Å². The van der Waals surface area contributed by atoms with Crippen molar-refractivity contribution in [1.82, 2.24) is 0 Å². The van der Waals surface area contributed by atoms with Gasteiger partial charge in [0.15, 0.2) is 0 Å². The molecular formula is C17H20ClFN2O2S. The van der Waals surface area contributed by atoms with Gasteiger partial charge >= 0.3 is 0 Å². The zero-order valence-electron chi connectivity index (χ0n) is 13.5. The molecule has 0 aromatic heterocycles. The van der Waals surface area contributed by atoms with Crippen LogP contribution in [0.3, 0.4) is 0 Å². The fourth-order valence-corrected chi connectivity index (χ4v) is 5.23. The highest BCUT2D eigenvalue weighted by molar-refractivity contribution is 7.93. The molecule has 2 aromatic carbocycles. The summed E-state index contributed by atoms with van der Waals surface area (Å²) in [6.45, 7) is 3.63. The highest BCUT2D eigenvalue weighted by Crippen LogP contribution is 2.36. The second-order valence-electron chi connectivity index (χ2n) is 5.89. The topological polar surface area (TPSA) is 63.4 Å². The van der Waals surface area contributed by atoms with E-state index in [4.69, 9.17) is 5.73 Å². The van der Waals surface area contributed by atoms with E-state index in [0.717, 1.165) is 12.0 Å². The van der Waals surface area contributed by atoms with E-state index < -0.39 is 15.8 Å². The number of halogens is 2. The number of hydrogen-bond donors (Lipinski definition) is 1. The number of fused-ring (bicyclic) bond motifs is 1. The van der Waals surface area contributed by atoms with Crippen LogP contribution in [0.15, 0.2) is 35.2 Å². The van der Waals surface area contributed by atoms with Crippen LogP contribution in [0.4, 0.5) is 15.8 Å². The summed E-state index contributed by atoms with van der Waals surface area (Å²) in [6.07, 6.45) is 1.47. The van der Waals surface area contributed by atoms with Crippen LogP contribution >= 0.6 is 12.4 Å². The monoisotopic (exact) mass is 370 g/mol. The summed E-state index contributed by atoms with van der Waals surface area (Å²) < 4.78 is 41.3. The Morgan fingerprint density at radius 2 is 1.79 bits per heavy atom. The predicted octanol–water partition coefficient (Wildman–Crippen LogP) is 3.59. The summed E-state index contributed by atoms with van der Waals surface area (Å²) in [5.41, 5.74) is 8.92. The number of hydrogen-bond acceptors (Lipinski definition) is 3. The normalized spacial score (nSPS) is 14.0. The minimum Gasteiger partial charge on any atom is -0.398 e. The van der Waals surface area contributed by atoms with E-state index in [1.807, 2.05) is 0 Å². The molecule has 1 aliphatic heterocycles. The minimum absolute atomic E-state index is 0. The van der Waals surface area contributed by atoms with Crippen molar-refractivity contribution in [1.29, 1.82) is 0 Å². The van der Waals surface area contributed by atoms with Crippen LogP contribution in [0.5, 0.6) is 0 Å². The molecule has 24 heavy (non-hydrogen) atoms. The van der Waals surface area contributed by atoms with Crippen molar-refractivity contribution in [3.63, 3.8) is 0 Å². The number of rotatable bonds is 2. The van der Waals surface area contributed by atoms with Gasteiger partial charge in [0.2, 0.25) is 0 Å². The van der Waals surface area contributed by atoms with Crippen molar-refractivity contribution in [3.8, 4) is 0 Å². The first-order chi connectivity index (χ1) is 10.8. The Balaban J connectivity index is 0.00000208. The van der Waals surface area contributed by atoms with Crippen molar-refractivity contribution in [2.75, 3.05) is 16.6 Å². The van der Waals surface area contributed by atoms with E-state index in [1.54, 1.807) is 32.0 Å². The molecule has 0 radical (unpaired) electrons. The highest BCUT2D eigenvalue weighted by Gasteiger charge is 2.32. The average Bonchev–Trinajstić information content (AvgIpc) is 2.45. The lowest BCUT2D eigenvalue weighted by Gasteiger charge is -2.32. The fourth-order valence-electron chi connectivity index (χ4n) is 3.28. The third kappa shape index (κ3) is 2.96. The number of nitrogens with two attached hydrogens (primary N) is 1. The Morgan fingerprint density at radius 1 is 1.17 bits per heavy atom. The first-order valence-corrected chi connectivity index (χ1v) is 8.93. The maximum absolute atomic E-state index is 13.5. The number of anilines is 2. The molecule has 0 atom stereocenters. The van der Waals surface area contributed by atoms with Crippen molar-refractivity contribution >= 4 is 33.8 Å². The third-order valence-electron chi connectivity index (χ3n) is 4.22. The molecule has 0 spiro atoms. The van der Waals surface area contributed by atoms with Crippen LogP contribution in [-0.2, 0) is 16.4 Å². The maximum Gasteiger partial charge on any atom is 0.264 e. The standard InChI is InChI=1S/C17H19FN2O2S.ClH/c1-11-9-13(18)10-12(2)17(11)23(21,22)20-8-4-5-14-15(19)6-3-7-16(14)20;/h3,6-7,9-10H,4-5,8,19H2,1-2H3;1H. The molecule has 3 rings (SSSR count). The molecule has 1 aliphatic rings. The van der Waals surface area contributed by atoms with Crippen LogP contribution in [0.1, 0.15) is 23.1 Å². The van der Waals surface area contributed by atoms with Gasteiger partial charge in [0.25, 0.3) is 10.0 Å². The summed E-state index contributed by atoms with van der Waals surface area (Å²) >= 11 is 0. The Hall–Kier alpha value is -1.79. The Morgan fingerprint density at radius 3 is 2.42 bits per heavy atom. The van der Waals surface area contributed by atoms with Crippen LogP contribution in [0, 0.1) is 19.7 Å². The lowest BCUT2D eigenvalue weighted by molar-refractivity contribution is 0.583. The van der Waals surface area contributed by atoms with Crippen molar-refractivity contribution < 1.29 is 12.8 Å². The zero-order valence-corrected chi connectivity index (χ0v) is 15.2. The lowest BCUT2D eigenvalue weighted by atomic mass is 10.0. The molecule has 0 saturated carbocycles. The molecule has 0 fully saturated rings. The van der Waals surface area contributed by atoms with Crippen LogP contribution in [-0.4, -0.2) is 15.0 Å². The van der Waals surface area contributed by atoms with Crippen LogP contribution in [0.2, 0.25) is 0 Å². The molecule has 0 unspecified atom stereocenters. The molecule has 4 nitrogen and oxygen atoms in total. The molecule has 7 heteroatoms. The SMILES string of the molecule is Cc1cc(F)cc(C)c1S(=O)(=O)N1CCCc2c(N)cccc21.Cl. The second-order valence-corrected chi connectivity index (χ2v) is 7.69. The summed E-state index contributed by atoms with van der Waals surface area (Å²) in [7, 11) is -3.76. The first kappa shape index (κ1) is 18.5. The van der Waals surface area contributed by atoms with E-state index in [9.17, 15) is 12.8 Å². The van der Waals surface area contributed by atoms with Gasteiger partial charge in [-0.15, -0.1) is 12.4 Å². The summed E-state index contributed by atoms with van der Waals surface area (Å²) in [5.74, 6) is -0.428. The fraction of sp³-hybridized carbons (Fsp3) is 0.294. The second kappa shape index (κ2) is 6.61. The van der Waals surface area contributed by atoms with Crippen molar-refractivity contribution in [2.24, 2.45) is 0 Å². The number of benzene rings is 2. The largest absolute Gasteiger partial charge is 0.398 e. The molecule has 0 amide bonds. The summed E-state index contributed by atoms with van der Waals surface area (Å²) in [4.78, 5) is 0.175. The van der Waals surface area contributed by atoms with Gasteiger partial charge in [-0.1, -0.05) is 6.07 Å². The number of sulfonamides is 1. The zero-order chi connectivity index (χ0) is 16.8. The summed E-state index contributed by atoms with van der Waals surface area (Å²) in [6, 6.07) is 7.82. The van der Waals surface area contributed by atoms with E-state index in [-0.39, 0.29) is 17.3 Å². The van der Waals surface area contributed by atoms with E-state index in [2.05, 4.69) is 0 Å². The number of nitrogen functional groups attached to an aromatic ring is 1. The molecule has 2 N–H and O–H groups in total. The maximum atomic E-state index is 13.5. The number of aryl methyl sites for hydroxylation is 2. The van der Waals surface area contributed by atoms with Gasteiger partial charge in [-0.2, -0.15) is 0 Å². The van der Waals surface area contributed by atoms with Crippen molar-refractivity contribution in [3.05, 3.63) is 52.8 Å². The third-order valence-corrected chi connectivity index (χ3v) is 6.34. The molecule has 0 bridgehead atoms. The van der Waals surface area contributed by atoms with E-state index >= 15 is 0 Å².